The summed E-state index contributed by atoms with van der Waals surface area (Å²) in [6.07, 6.45) is 0.911. The summed E-state index contributed by atoms with van der Waals surface area (Å²) in [5, 5.41) is 4.58. The van der Waals surface area contributed by atoms with E-state index in [4.69, 9.17) is 14.2 Å². The SMILES string of the molecule is CCOC(=O)C(Cc1ccc(CN(CC)CC)cc1)NC(=O)CC(C1=COC(Cc2ccccc2)O1)N(c1ccc2ccccc2c1)S(=O)[O-]. The minimum absolute atomic E-state index is 0.141. The summed E-state index contributed by atoms with van der Waals surface area (Å²) >= 11 is -2.82. The normalized spacial score (nSPS) is 15.8. The number of hydrogen-bond acceptors (Lipinski definition) is 8. The van der Waals surface area contributed by atoms with Crippen LogP contribution in [0.4, 0.5) is 5.69 Å². The highest BCUT2D eigenvalue weighted by molar-refractivity contribution is 7.80. The predicted molar refractivity (Wildman–Crippen MR) is 193 cm³/mol. The maximum atomic E-state index is 13.8. The van der Waals surface area contributed by atoms with E-state index < -0.39 is 41.5 Å². The third-order valence-corrected chi connectivity index (χ3v) is 9.44. The van der Waals surface area contributed by atoms with E-state index in [2.05, 4.69) is 24.1 Å². The minimum atomic E-state index is -2.82. The molecule has 50 heavy (non-hydrogen) atoms. The molecule has 4 atom stereocenters. The zero-order valence-electron chi connectivity index (χ0n) is 28.7. The second-order valence-corrected chi connectivity index (χ2v) is 12.9. The second-order valence-electron chi connectivity index (χ2n) is 12.0. The molecule has 0 radical (unpaired) electrons. The lowest BCUT2D eigenvalue weighted by Gasteiger charge is -2.34. The topological polar surface area (TPSA) is 120 Å². The van der Waals surface area contributed by atoms with Crippen molar-refractivity contribution in [1.29, 1.82) is 0 Å². The van der Waals surface area contributed by atoms with E-state index in [0.29, 0.717) is 12.1 Å². The van der Waals surface area contributed by atoms with Gasteiger partial charge in [0, 0.05) is 36.3 Å². The van der Waals surface area contributed by atoms with Crippen LogP contribution in [0.1, 0.15) is 43.9 Å². The average Bonchev–Trinajstić information content (AvgIpc) is 3.59. The molecule has 0 fully saturated rings. The predicted octanol–water partition coefficient (Wildman–Crippen LogP) is 5.79. The fraction of sp³-hybridized carbons (Fsp3) is 0.333. The van der Waals surface area contributed by atoms with Gasteiger partial charge in [0.25, 0.3) is 0 Å². The van der Waals surface area contributed by atoms with Gasteiger partial charge in [-0.25, -0.2) is 4.79 Å². The Morgan fingerprint density at radius 3 is 2.24 bits per heavy atom. The number of rotatable bonds is 17. The molecule has 10 nitrogen and oxygen atoms in total. The van der Waals surface area contributed by atoms with Crippen molar-refractivity contribution in [3.63, 3.8) is 0 Å². The van der Waals surface area contributed by atoms with E-state index in [1.807, 2.05) is 84.9 Å². The summed E-state index contributed by atoms with van der Waals surface area (Å²) < 4.78 is 44.4. The lowest BCUT2D eigenvalue weighted by Crippen LogP contribution is -2.47. The van der Waals surface area contributed by atoms with Gasteiger partial charge in [-0.15, -0.1) is 0 Å². The van der Waals surface area contributed by atoms with Gasteiger partial charge in [0.15, 0.2) is 5.76 Å². The standard InChI is InChI=1S/C39H45N3O7S/c1-4-41(5-2)26-30-18-16-29(17-19-30)22-34(39(44)47-6-3)40-37(43)25-35(36-27-48-38(49-36)23-28-12-8-7-9-13-28)42(50(45)46)33-21-20-31-14-10-11-15-32(31)24-33/h7-21,24,27,34-35,38H,4-6,22-23,25-26H2,1-3H3,(H,40,43)(H,45,46)/p-1. The van der Waals surface area contributed by atoms with Gasteiger partial charge in [-0.3, -0.25) is 18.2 Å². The first kappa shape index (κ1) is 36.6. The van der Waals surface area contributed by atoms with Gasteiger partial charge in [0.2, 0.25) is 12.2 Å². The van der Waals surface area contributed by atoms with Gasteiger partial charge < -0.3 is 24.1 Å². The molecule has 264 valence electrons. The minimum Gasteiger partial charge on any atom is -0.755 e. The third-order valence-electron chi connectivity index (χ3n) is 8.66. The van der Waals surface area contributed by atoms with E-state index in [1.54, 1.807) is 19.1 Å². The highest BCUT2D eigenvalue weighted by atomic mass is 32.2. The molecule has 0 saturated heterocycles. The summed E-state index contributed by atoms with van der Waals surface area (Å²) in [5.41, 5.74) is 3.31. The average molecular weight is 699 g/mol. The Balaban J connectivity index is 1.38. The molecule has 11 heteroatoms. The lowest BCUT2D eigenvalue weighted by atomic mass is 10.0. The van der Waals surface area contributed by atoms with E-state index in [9.17, 15) is 18.4 Å². The van der Waals surface area contributed by atoms with Crippen molar-refractivity contribution in [2.45, 2.75) is 65.0 Å². The number of nitrogens with zero attached hydrogens (tertiary/aromatic N) is 2. The highest BCUT2D eigenvalue weighted by Crippen LogP contribution is 2.32. The van der Waals surface area contributed by atoms with Crippen molar-refractivity contribution < 1.29 is 32.6 Å². The van der Waals surface area contributed by atoms with Crippen LogP contribution in [0.15, 0.2) is 109 Å². The van der Waals surface area contributed by atoms with Gasteiger partial charge in [0.1, 0.15) is 18.3 Å². The Labute approximate surface area is 296 Å². The van der Waals surface area contributed by atoms with Crippen molar-refractivity contribution in [3.8, 4) is 0 Å². The zero-order chi connectivity index (χ0) is 35.5. The number of amides is 1. The van der Waals surface area contributed by atoms with Crippen LogP contribution in [0.2, 0.25) is 0 Å². The molecule has 5 rings (SSSR count). The molecular weight excluding hydrogens is 655 g/mol. The van der Waals surface area contributed by atoms with Crippen LogP contribution >= 0.6 is 0 Å². The number of hydrogen-bond donors (Lipinski definition) is 1. The molecule has 1 N–H and O–H groups in total. The third kappa shape index (κ3) is 9.71. The Kier molecular flexibility index (Phi) is 13.0. The Morgan fingerprint density at radius 1 is 0.880 bits per heavy atom. The number of benzene rings is 4. The molecule has 4 unspecified atom stereocenters. The number of carbonyl (C=O) groups is 2. The maximum Gasteiger partial charge on any atom is 0.328 e. The summed E-state index contributed by atoms with van der Waals surface area (Å²) in [7, 11) is 0. The summed E-state index contributed by atoms with van der Waals surface area (Å²) in [4.78, 5) is 29.2. The zero-order valence-corrected chi connectivity index (χ0v) is 29.5. The van der Waals surface area contributed by atoms with Crippen LogP contribution in [0, 0.1) is 0 Å². The van der Waals surface area contributed by atoms with E-state index >= 15 is 0 Å². The summed E-state index contributed by atoms with van der Waals surface area (Å²) in [6, 6.07) is 28.3. The molecule has 4 aromatic carbocycles. The number of carbonyl (C=O) groups excluding carboxylic acids is 2. The van der Waals surface area contributed by atoms with Crippen molar-refractivity contribution in [2.24, 2.45) is 0 Å². The van der Waals surface area contributed by atoms with Crippen molar-refractivity contribution in [2.75, 3.05) is 24.0 Å². The Morgan fingerprint density at radius 2 is 1.56 bits per heavy atom. The molecule has 0 aromatic heterocycles. The number of fused-ring (bicyclic) bond motifs is 1. The smallest absolute Gasteiger partial charge is 0.328 e. The first-order valence-electron chi connectivity index (χ1n) is 17.0. The van der Waals surface area contributed by atoms with Crippen molar-refractivity contribution in [3.05, 3.63) is 126 Å². The summed E-state index contributed by atoms with van der Waals surface area (Å²) in [5.74, 6) is -0.959. The van der Waals surface area contributed by atoms with Crippen molar-refractivity contribution in [1.82, 2.24) is 10.2 Å². The van der Waals surface area contributed by atoms with Crippen LogP contribution < -0.4 is 9.62 Å². The van der Waals surface area contributed by atoms with Gasteiger partial charge in [-0.2, -0.15) is 0 Å². The monoisotopic (exact) mass is 698 g/mol. The lowest BCUT2D eigenvalue weighted by molar-refractivity contribution is -0.147. The molecule has 0 saturated carbocycles. The number of nitrogens with one attached hydrogen (secondary N) is 1. The largest absolute Gasteiger partial charge is 0.755 e. The molecule has 0 bridgehead atoms. The van der Waals surface area contributed by atoms with Crippen LogP contribution in [0.3, 0.4) is 0 Å². The quantitative estimate of drug-likeness (QED) is 0.109. The van der Waals surface area contributed by atoms with E-state index in [0.717, 1.165) is 51.4 Å². The molecule has 4 aromatic rings. The number of anilines is 1. The number of esters is 1. The fourth-order valence-corrected chi connectivity index (χ4v) is 6.65. The summed E-state index contributed by atoms with van der Waals surface area (Å²) in [6.45, 7) is 8.78. The van der Waals surface area contributed by atoms with E-state index in [1.165, 1.54) is 6.26 Å². The highest BCUT2D eigenvalue weighted by Gasteiger charge is 2.35. The number of ether oxygens (including phenoxy) is 3. The van der Waals surface area contributed by atoms with Gasteiger partial charge in [-0.05, 0) is 59.6 Å². The first-order valence-corrected chi connectivity index (χ1v) is 18.0. The molecular formula is C39H44N3O7S-. The fourth-order valence-electron chi connectivity index (χ4n) is 5.97. The molecule has 1 amide bonds. The van der Waals surface area contributed by atoms with E-state index in [-0.39, 0.29) is 25.2 Å². The second kappa shape index (κ2) is 17.8. The first-order chi connectivity index (χ1) is 24.3. The molecule has 1 aliphatic heterocycles. The van der Waals surface area contributed by atoms with Crippen LogP contribution in [-0.4, -0.2) is 63.6 Å². The van der Waals surface area contributed by atoms with Gasteiger partial charge in [0.05, 0.1) is 13.0 Å². The molecule has 1 heterocycles. The molecule has 0 spiro atoms. The van der Waals surface area contributed by atoms with Crippen molar-refractivity contribution >= 4 is 39.6 Å². The van der Waals surface area contributed by atoms with Crippen LogP contribution in [0.25, 0.3) is 10.8 Å². The van der Waals surface area contributed by atoms with Gasteiger partial charge in [-0.1, -0.05) is 98.8 Å². The van der Waals surface area contributed by atoms with Gasteiger partial charge >= 0.3 is 5.97 Å². The van der Waals surface area contributed by atoms with Crippen LogP contribution in [0.5, 0.6) is 0 Å². The Hall–Kier alpha value is -4.71. The molecule has 1 aliphatic rings. The molecule has 0 aliphatic carbocycles. The van der Waals surface area contributed by atoms with Crippen LogP contribution in [-0.2, 0) is 54.5 Å². The maximum absolute atomic E-state index is 13.8. The Bertz CT molecular complexity index is 1780.